The number of hydrogen-bond donors (Lipinski definition) is 1. The third kappa shape index (κ3) is 4.27. The summed E-state index contributed by atoms with van der Waals surface area (Å²) in [4.78, 5) is 18.0. The standard InChI is InChI=1S/C21H20ClN3O3S2/c1-14-19(29-21(23-14)15-6-4-7-16(22)12-15)20(26)24-17-8-5-9-18(13-17)30(27,28)25-10-2-3-11-25/h4-9,12-13H,2-3,10-11H2,1H3,(H,24,26). The Morgan fingerprint density at radius 1 is 1.13 bits per heavy atom. The fraction of sp³-hybridized carbons (Fsp3) is 0.238. The van der Waals surface area contributed by atoms with E-state index in [1.807, 2.05) is 12.1 Å². The summed E-state index contributed by atoms with van der Waals surface area (Å²) in [6.45, 7) is 2.84. The van der Waals surface area contributed by atoms with Gasteiger partial charge in [0.05, 0.1) is 10.6 Å². The SMILES string of the molecule is Cc1nc(-c2cccc(Cl)c2)sc1C(=O)Nc1cccc(S(=O)(=O)N2CCCC2)c1. The smallest absolute Gasteiger partial charge is 0.267 e. The van der Waals surface area contributed by atoms with E-state index in [1.54, 1.807) is 37.3 Å². The lowest BCUT2D eigenvalue weighted by atomic mass is 10.2. The molecule has 1 N–H and O–H groups in total. The van der Waals surface area contributed by atoms with Gasteiger partial charge in [0.1, 0.15) is 9.88 Å². The fourth-order valence-electron chi connectivity index (χ4n) is 3.35. The molecule has 1 aliphatic heterocycles. The predicted molar refractivity (Wildman–Crippen MR) is 120 cm³/mol. The van der Waals surface area contributed by atoms with Gasteiger partial charge in [-0.05, 0) is 50.1 Å². The van der Waals surface area contributed by atoms with E-state index >= 15 is 0 Å². The van der Waals surface area contributed by atoms with Crippen LogP contribution in [0.25, 0.3) is 10.6 Å². The van der Waals surface area contributed by atoms with Gasteiger partial charge in [-0.3, -0.25) is 4.79 Å². The van der Waals surface area contributed by atoms with Crippen LogP contribution in [-0.4, -0.2) is 36.7 Å². The zero-order chi connectivity index (χ0) is 21.3. The second kappa shape index (κ2) is 8.47. The van der Waals surface area contributed by atoms with Crippen LogP contribution in [-0.2, 0) is 10.0 Å². The third-order valence-corrected chi connectivity index (χ3v) is 8.20. The first-order chi connectivity index (χ1) is 14.3. The summed E-state index contributed by atoms with van der Waals surface area (Å²) in [7, 11) is -3.55. The van der Waals surface area contributed by atoms with Crippen LogP contribution in [0.15, 0.2) is 53.4 Å². The summed E-state index contributed by atoms with van der Waals surface area (Å²) in [5.41, 5.74) is 1.87. The van der Waals surface area contributed by atoms with E-state index in [0.717, 1.165) is 18.4 Å². The first-order valence-electron chi connectivity index (χ1n) is 9.49. The number of nitrogens with zero attached hydrogens (tertiary/aromatic N) is 2. The molecule has 1 aromatic heterocycles. The molecule has 2 heterocycles. The lowest BCUT2D eigenvalue weighted by Gasteiger charge is -2.16. The van der Waals surface area contributed by atoms with Crippen molar-refractivity contribution < 1.29 is 13.2 Å². The molecule has 0 atom stereocenters. The van der Waals surface area contributed by atoms with E-state index in [9.17, 15) is 13.2 Å². The van der Waals surface area contributed by atoms with Gasteiger partial charge in [-0.25, -0.2) is 13.4 Å². The van der Waals surface area contributed by atoms with E-state index < -0.39 is 10.0 Å². The van der Waals surface area contributed by atoms with Crippen molar-refractivity contribution in [2.24, 2.45) is 0 Å². The maximum atomic E-state index is 12.8. The van der Waals surface area contributed by atoms with Gasteiger partial charge in [0.25, 0.3) is 5.91 Å². The van der Waals surface area contributed by atoms with Gasteiger partial charge in [-0.1, -0.05) is 29.8 Å². The van der Waals surface area contributed by atoms with Crippen LogP contribution in [0.2, 0.25) is 5.02 Å². The molecule has 1 amide bonds. The lowest BCUT2D eigenvalue weighted by molar-refractivity contribution is 0.102. The second-order valence-electron chi connectivity index (χ2n) is 7.04. The molecule has 0 saturated carbocycles. The van der Waals surface area contributed by atoms with Crippen molar-refractivity contribution in [3.8, 4) is 10.6 Å². The van der Waals surface area contributed by atoms with E-state index in [2.05, 4.69) is 10.3 Å². The summed E-state index contributed by atoms with van der Waals surface area (Å²) < 4.78 is 27.0. The van der Waals surface area contributed by atoms with Gasteiger partial charge in [0.2, 0.25) is 10.0 Å². The normalized spacial score (nSPS) is 14.7. The van der Waals surface area contributed by atoms with Gasteiger partial charge >= 0.3 is 0 Å². The van der Waals surface area contributed by atoms with Crippen molar-refractivity contribution in [3.63, 3.8) is 0 Å². The molecule has 0 unspecified atom stereocenters. The second-order valence-corrected chi connectivity index (χ2v) is 10.4. The molecule has 3 aromatic rings. The molecule has 0 aliphatic carbocycles. The number of sulfonamides is 1. The molecule has 6 nitrogen and oxygen atoms in total. The van der Waals surface area contributed by atoms with Crippen molar-refractivity contribution in [1.82, 2.24) is 9.29 Å². The minimum absolute atomic E-state index is 0.183. The Balaban J connectivity index is 1.56. The molecule has 0 bridgehead atoms. The Labute approximate surface area is 184 Å². The minimum Gasteiger partial charge on any atom is -0.321 e. The Hall–Kier alpha value is -2.26. The van der Waals surface area contributed by atoms with Gasteiger partial charge in [-0.15, -0.1) is 11.3 Å². The lowest BCUT2D eigenvalue weighted by Crippen LogP contribution is -2.27. The maximum Gasteiger partial charge on any atom is 0.267 e. The summed E-state index contributed by atoms with van der Waals surface area (Å²) in [5, 5.41) is 4.10. The van der Waals surface area contributed by atoms with Gasteiger partial charge in [0.15, 0.2) is 0 Å². The predicted octanol–water partition coefficient (Wildman–Crippen LogP) is 4.81. The van der Waals surface area contributed by atoms with Crippen LogP contribution in [0.3, 0.4) is 0 Å². The van der Waals surface area contributed by atoms with Gasteiger partial charge in [0, 0.05) is 29.4 Å². The van der Waals surface area contributed by atoms with Crippen LogP contribution >= 0.6 is 22.9 Å². The van der Waals surface area contributed by atoms with Crippen molar-refractivity contribution in [3.05, 3.63) is 64.1 Å². The number of halogens is 1. The van der Waals surface area contributed by atoms with Gasteiger partial charge in [-0.2, -0.15) is 4.31 Å². The Morgan fingerprint density at radius 3 is 2.60 bits per heavy atom. The van der Waals surface area contributed by atoms with E-state index in [1.165, 1.54) is 21.7 Å². The number of benzene rings is 2. The molecule has 9 heteroatoms. The van der Waals surface area contributed by atoms with Crippen molar-refractivity contribution in [2.45, 2.75) is 24.7 Å². The summed E-state index contributed by atoms with van der Waals surface area (Å²) in [6, 6.07) is 13.7. The quantitative estimate of drug-likeness (QED) is 0.591. The topological polar surface area (TPSA) is 79.4 Å². The number of hydrogen-bond acceptors (Lipinski definition) is 5. The first-order valence-corrected chi connectivity index (χ1v) is 12.1. The van der Waals surface area contributed by atoms with E-state index in [0.29, 0.717) is 39.4 Å². The molecular formula is C21H20ClN3O3S2. The highest BCUT2D eigenvalue weighted by Crippen LogP contribution is 2.30. The Kier molecular flexibility index (Phi) is 5.92. The number of aromatic nitrogens is 1. The molecule has 1 aliphatic rings. The number of rotatable bonds is 5. The molecule has 1 fully saturated rings. The molecule has 4 rings (SSSR count). The first kappa shape index (κ1) is 21.0. The van der Waals surface area contributed by atoms with Gasteiger partial charge < -0.3 is 5.32 Å². The van der Waals surface area contributed by atoms with E-state index in [4.69, 9.17) is 11.6 Å². The molecule has 2 aromatic carbocycles. The zero-order valence-corrected chi connectivity index (χ0v) is 18.6. The monoisotopic (exact) mass is 461 g/mol. The number of amides is 1. The zero-order valence-electron chi connectivity index (χ0n) is 16.3. The number of aryl methyl sites for hydroxylation is 1. The number of nitrogens with one attached hydrogen (secondary N) is 1. The number of anilines is 1. The largest absolute Gasteiger partial charge is 0.321 e. The highest BCUT2D eigenvalue weighted by molar-refractivity contribution is 7.89. The molecule has 30 heavy (non-hydrogen) atoms. The third-order valence-electron chi connectivity index (χ3n) is 4.87. The van der Waals surface area contributed by atoms with Crippen LogP contribution in [0, 0.1) is 6.92 Å². The van der Waals surface area contributed by atoms with Crippen molar-refractivity contribution in [1.29, 1.82) is 0 Å². The average Bonchev–Trinajstić information content (AvgIpc) is 3.38. The number of carbonyl (C=O) groups is 1. The Bertz CT molecular complexity index is 1200. The molecule has 0 spiro atoms. The summed E-state index contributed by atoms with van der Waals surface area (Å²) in [6.07, 6.45) is 1.74. The minimum atomic E-state index is -3.55. The number of thiazole rings is 1. The number of carbonyl (C=O) groups excluding carboxylic acids is 1. The molecular weight excluding hydrogens is 442 g/mol. The van der Waals surface area contributed by atoms with E-state index in [-0.39, 0.29) is 10.8 Å². The Morgan fingerprint density at radius 2 is 1.87 bits per heavy atom. The highest BCUT2D eigenvalue weighted by Gasteiger charge is 2.27. The average molecular weight is 462 g/mol. The summed E-state index contributed by atoms with van der Waals surface area (Å²) in [5.74, 6) is -0.325. The van der Waals surface area contributed by atoms with Crippen LogP contribution < -0.4 is 5.32 Å². The highest BCUT2D eigenvalue weighted by atomic mass is 35.5. The van der Waals surface area contributed by atoms with Crippen LogP contribution in [0.4, 0.5) is 5.69 Å². The van der Waals surface area contributed by atoms with Crippen molar-refractivity contribution >= 4 is 44.6 Å². The van der Waals surface area contributed by atoms with Crippen LogP contribution in [0.5, 0.6) is 0 Å². The van der Waals surface area contributed by atoms with Crippen LogP contribution in [0.1, 0.15) is 28.2 Å². The maximum absolute atomic E-state index is 12.8. The van der Waals surface area contributed by atoms with Crippen molar-refractivity contribution in [2.75, 3.05) is 18.4 Å². The summed E-state index contributed by atoms with van der Waals surface area (Å²) >= 11 is 7.33. The molecule has 156 valence electrons. The molecule has 0 radical (unpaired) electrons. The fourth-order valence-corrected chi connectivity index (χ4v) is 6.06. The molecule has 1 saturated heterocycles.